The predicted octanol–water partition coefficient (Wildman–Crippen LogP) is 14.2. The molecule has 0 aliphatic rings. The van der Waals surface area contributed by atoms with Gasteiger partial charge in [-0.05, 0) is 63.7 Å². The monoisotopic (exact) mass is 742 g/mol. The minimum absolute atomic E-state index is 0.589. The smallest absolute Gasteiger partial charge is 0.164 e. The standard InChI is InChI=1S/C53H34N4O/c1-4-16-37(17-5-1)51-54-52(38-18-6-2-7-19-38)56-53(55-51)45-25-14-26-47-50(45)49-44-24-13-12-23-43(44)46(34-48(49)58-47)57(41-21-8-3-9-22-41)42-31-29-36(30-32-42)40-28-27-35-15-10-11-20-39(35)33-40/h1-34H. The molecule has 272 valence electrons. The maximum atomic E-state index is 6.83. The van der Waals surface area contributed by atoms with E-state index in [1.165, 1.54) is 16.3 Å². The zero-order chi connectivity index (χ0) is 38.4. The van der Waals surface area contributed by atoms with Gasteiger partial charge in [-0.15, -0.1) is 0 Å². The molecule has 2 aromatic heterocycles. The lowest BCUT2D eigenvalue weighted by molar-refractivity contribution is 0.669. The van der Waals surface area contributed by atoms with Crippen LogP contribution in [0.5, 0.6) is 0 Å². The Morgan fingerprint density at radius 1 is 0.345 bits per heavy atom. The van der Waals surface area contributed by atoms with Crippen molar-refractivity contribution in [3.05, 3.63) is 206 Å². The molecule has 0 bridgehead atoms. The number of anilines is 3. The fourth-order valence-electron chi connectivity index (χ4n) is 8.14. The third-order valence-electron chi connectivity index (χ3n) is 10.9. The van der Waals surface area contributed by atoms with E-state index in [4.69, 9.17) is 19.4 Å². The van der Waals surface area contributed by atoms with Gasteiger partial charge in [-0.1, -0.05) is 164 Å². The van der Waals surface area contributed by atoms with Crippen LogP contribution in [-0.2, 0) is 0 Å². The van der Waals surface area contributed by atoms with Gasteiger partial charge in [0.25, 0.3) is 0 Å². The van der Waals surface area contributed by atoms with Gasteiger partial charge in [-0.25, -0.2) is 15.0 Å². The Morgan fingerprint density at radius 2 is 0.914 bits per heavy atom. The van der Waals surface area contributed by atoms with Gasteiger partial charge in [0, 0.05) is 50.3 Å². The van der Waals surface area contributed by atoms with E-state index in [0.717, 1.165) is 72.0 Å². The van der Waals surface area contributed by atoms with Gasteiger partial charge in [0.2, 0.25) is 0 Å². The van der Waals surface area contributed by atoms with Crippen LogP contribution in [0.1, 0.15) is 0 Å². The van der Waals surface area contributed by atoms with E-state index in [2.05, 4.69) is 138 Å². The van der Waals surface area contributed by atoms with Crippen LogP contribution in [-0.4, -0.2) is 15.0 Å². The van der Waals surface area contributed by atoms with E-state index in [1.54, 1.807) is 0 Å². The summed E-state index contributed by atoms with van der Waals surface area (Å²) in [5.74, 6) is 1.82. The summed E-state index contributed by atoms with van der Waals surface area (Å²) in [6.07, 6.45) is 0. The summed E-state index contributed by atoms with van der Waals surface area (Å²) in [5, 5.41) is 6.63. The lowest BCUT2D eigenvalue weighted by Crippen LogP contribution is -2.10. The molecule has 0 radical (unpaired) electrons. The van der Waals surface area contributed by atoms with Gasteiger partial charge in [0.15, 0.2) is 17.5 Å². The van der Waals surface area contributed by atoms with Gasteiger partial charge in [0.05, 0.1) is 5.69 Å². The van der Waals surface area contributed by atoms with Crippen molar-refractivity contribution in [3.8, 4) is 45.3 Å². The Kier molecular flexibility index (Phi) is 8.07. The largest absolute Gasteiger partial charge is 0.456 e. The summed E-state index contributed by atoms with van der Waals surface area (Å²) < 4.78 is 6.83. The number of rotatable bonds is 7. The minimum atomic E-state index is 0.589. The molecule has 0 aliphatic heterocycles. The Labute approximate surface area is 335 Å². The molecule has 0 spiro atoms. The van der Waals surface area contributed by atoms with E-state index >= 15 is 0 Å². The summed E-state index contributed by atoms with van der Waals surface area (Å²) in [6, 6.07) is 71.6. The maximum Gasteiger partial charge on any atom is 0.164 e. The highest BCUT2D eigenvalue weighted by Crippen LogP contribution is 2.46. The molecule has 0 fully saturated rings. The summed E-state index contributed by atoms with van der Waals surface area (Å²) in [5.41, 5.74) is 9.75. The fraction of sp³-hybridized carbons (Fsp3) is 0. The number of para-hydroxylation sites is 1. The number of nitrogens with zero attached hydrogens (tertiary/aromatic N) is 4. The average Bonchev–Trinajstić information content (AvgIpc) is 3.69. The van der Waals surface area contributed by atoms with Crippen LogP contribution in [0, 0.1) is 0 Å². The van der Waals surface area contributed by atoms with E-state index in [1.807, 2.05) is 72.8 Å². The predicted molar refractivity (Wildman–Crippen MR) is 239 cm³/mol. The van der Waals surface area contributed by atoms with E-state index < -0.39 is 0 Å². The fourth-order valence-corrected chi connectivity index (χ4v) is 8.14. The molecule has 5 nitrogen and oxygen atoms in total. The molecule has 0 amide bonds. The Morgan fingerprint density at radius 3 is 1.62 bits per heavy atom. The molecule has 11 aromatic rings. The first-order chi connectivity index (χ1) is 28.7. The van der Waals surface area contributed by atoms with Crippen molar-refractivity contribution in [2.75, 3.05) is 4.90 Å². The first kappa shape index (κ1) is 33.4. The Balaban J connectivity index is 1.10. The molecule has 11 rings (SSSR count). The zero-order valence-electron chi connectivity index (χ0n) is 31.3. The second kappa shape index (κ2) is 14.0. The molecule has 2 heterocycles. The van der Waals surface area contributed by atoms with Crippen molar-refractivity contribution in [1.29, 1.82) is 0 Å². The normalized spacial score (nSPS) is 11.4. The number of hydrogen-bond donors (Lipinski definition) is 0. The summed E-state index contributed by atoms with van der Waals surface area (Å²) >= 11 is 0. The molecule has 0 atom stereocenters. The topological polar surface area (TPSA) is 55.1 Å². The number of furan rings is 1. The SMILES string of the molecule is c1ccc(-c2nc(-c3ccccc3)nc(-c3cccc4oc5cc(N(c6ccccc6)c6ccc(-c7ccc8ccccc8c7)cc6)c6ccccc6c5c34)n2)cc1. The van der Waals surface area contributed by atoms with Gasteiger partial charge in [-0.2, -0.15) is 0 Å². The Hall–Kier alpha value is -7.89. The molecule has 5 heteroatoms. The lowest BCUT2D eigenvalue weighted by Gasteiger charge is -2.27. The van der Waals surface area contributed by atoms with Crippen molar-refractivity contribution in [3.63, 3.8) is 0 Å². The van der Waals surface area contributed by atoms with E-state index in [0.29, 0.717) is 17.5 Å². The quantitative estimate of drug-likeness (QED) is 0.163. The molecule has 58 heavy (non-hydrogen) atoms. The molecule has 0 unspecified atom stereocenters. The third-order valence-corrected chi connectivity index (χ3v) is 10.9. The van der Waals surface area contributed by atoms with E-state index in [9.17, 15) is 0 Å². The van der Waals surface area contributed by atoms with Crippen LogP contribution in [0.2, 0.25) is 0 Å². The van der Waals surface area contributed by atoms with Crippen LogP contribution in [0.3, 0.4) is 0 Å². The van der Waals surface area contributed by atoms with Crippen LogP contribution in [0.15, 0.2) is 211 Å². The molecule has 0 N–H and O–H groups in total. The molecule has 0 saturated carbocycles. The summed E-state index contributed by atoms with van der Waals surface area (Å²) in [7, 11) is 0. The van der Waals surface area contributed by atoms with Crippen molar-refractivity contribution in [2.45, 2.75) is 0 Å². The molecule has 0 aliphatic carbocycles. The number of hydrogen-bond acceptors (Lipinski definition) is 5. The highest BCUT2D eigenvalue weighted by Gasteiger charge is 2.23. The second-order valence-electron chi connectivity index (χ2n) is 14.4. The summed E-state index contributed by atoms with van der Waals surface area (Å²) in [6.45, 7) is 0. The van der Waals surface area contributed by atoms with Crippen LogP contribution in [0.25, 0.3) is 88.8 Å². The van der Waals surface area contributed by atoms with Crippen LogP contribution in [0.4, 0.5) is 17.1 Å². The van der Waals surface area contributed by atoms with Crippen molar-refractivity contribution >= 4 is 60.5 Å². The number of fused-ring (bicyclic) bond motifs is 6. The number of benzene rings is 9. The molecule has 9 aromatic carbocycles. The summed E-state index contributed by atoms with van der Waals surface area (Å²) in [4.78, 5) is 17.5. The van der Waals surface area contributed by atoms with Gasteiger partial charge in [-0.3, -0.25) is 0 Å². The number of aromatic nitrogens is 3. The molecular weight excluding hydrogens is 709 g/mol. The van der Waals surface area contributed by atoms with Gasteiger partial charge >= 0.3 is 0 Å². The van der Waals surface area contributed by atoms with Gasteiger partial charge in [0.1, 0.15) is 11.2 Å². The lowest BCUT2D eigenvalue weighted by atomic mass is 9.98. The van der Waals surface area contributed by atoms with Crippen molar-refractivity contribution < 1.29 is 4.42 Å². The molecule has 0 saturated heterocycles. The second-order valence-corrected chi connectivity index (χ2v) is 14.4. The first-order valence-electron chi connectivity index (χ1n) is 19.4. The zero-order valence-corrected chi connectivity index (χ0v) is 31.3. The highest BCUT2D eigenvalue weighted by atomic mass is 16.3. The Bertz CT molecular complexity index is 3210. The van der Waals surface area contributed by atoms with Crippen molar-refractivity contribution in [1.82, 2.24) is 15.0 Å². The average molecular weight is 743 g/mol. The molecular formula is C53H34N4O. The highest BCUT2D eigenvalue weighted by molar-refractivity contribution is 6.25. The maximum absolute atomic E-state index is 6.83. The van der Waals surface area contributed by atoms with Crippen LogP contribution < -0.4 is 4.90 Å². The van der Waals surface area contributed by atoms with Crippen LogP contribution >= 0.6 is 0 Å². The van der Waals surface area contributed by atoms with Gasteiger partial charge < -0.3 is 9.32 Å². The minimum Gasteiger partial charge on any atom is -0.456 e. The van der Waals surface area contributed by atoms with Crippen molar-refractivity contribution in [2.24, 2.45) is 0 Å². The third kappa shape index (κ3) is 5.85. The van der Waals surface area contributed by atoms with E-state index in [-0.39, 0.29) is 0 Å². The first-order valence-corrected chi connectivity index (χ1v) is 19.4.